The summed E-state index contributed by atoms with van der Waals surface area (Å²) in [6, 6.07) is 14.5. The van der Waals surface area contributed by atoms with Crippen LogP contribution >= 0.6 is 0 Å². The number of ether oxygens (including phenoxy) is 1. The summed E-state index contributed by atoms with van der Waals surface area (Å²) >= 11 is 0. The van der Waals surface area contributed by atoms with E-state index in [-0.39, 0.29) is 5.82 Å². The fraction of sp³-hybridized carbons (Fsp3) is 0.316. The van der Waals surface area contributed by atoms with Gasteiger partial charge in [0.15, 0.2) is 5.96 Å². The van der Waals surface area contributed by atoms with Crippen molar-refractivity contribution < 1.29 is 9.13 Å². The molecule has 0 amide bonds. The monoisotopic (exact) mass is 329 g/mol. The zero-order valence-electron chi connectivity index (χ0n) is 14.2. The minimum absolute atomic E-state index is 0.203. The predicted molar refractivity (Wildman–Crippen MR) is 95.9 cm³/mol. The van der Waals surface area contributed by atoms with Crippen molar-refractivity contribution in [3.63, 3.8) is 0 Å². The van der Waals surface area contributed by atoms with Gasteiger partial charge in [-0.25, -0.2) is 9.38 Å². The molecule has 0 heterocycles. The third-order valence-corrected chi connectivity index (χ3v) is 3.49. The zero-order valence-corrected chi connectivity index (χ0v) is 14.2. The molecular formula is C19H24FN3O. The number of benzene rings is 2. The summed E-state index contributed by atoms with van der Waals surface area (Å²) in [4.78, 5) is 4.57. The Hall–Kier alpha value is -2.56. The first-order chi connectivity index (χ1) is 11.7. The lowest BCUT2D eigenvalue weighted by molar-refractivity contribution is 0.414. The van der Waals surface area contributed by atoms with Gasteiger partial charge in [0, 0.05) is 13.1 Å². The third kappa shape index (κ3) is 5.91. The molecule has 0 saturated carbocycles. The van der Waals surface area contributed by atoms with Crippen LogP contribution < -0.4 is 15.4 Å². The largest absolute Gasteiger partial charge is 0.497 e. The first kappa shape index (κ1) is 17.8. The molecule has 0 saturated heterocycles. The number of halogens is 1. The van der Waals surface area contributed by atoms with Crippen molar-refractivity contribution >= 4 is 5.96 Å². The lowest BCUT2D eigenvalue weighted by Crippen LogP contribution is -2.38. The second-order valence-electron chi connectivity index (χ2n) is 5.35. The van der Waals surface area contributed by atoms with Crippen molar-refractivity contribution in [1.29, 1.82) is 0 Å². The Kier molecular flexibility index (Phi) is 7.08. The van der Waals surface area contributed by atoms with Gasteiger partial charge in [0.1, 0.15) is 11.6 Å². The van der Waals surface area contributed by atoms with E-state index in [1.54, 1.807) is 19.2 Å². The molecule has 4 nitrogen and oxygen atoms in total. The van der Waals surface area contributed by atoms with Crippen molar-refractivity contribution in [2.45, 2.75) is 19.9 Å². The Morgan fingerprint density at radius 3 is 2.62 bits per heavy atom. The van der Waals surface area contributed by atoms with Gasteiger partial charge in [-0.1, -0.05) is 24.3 Å². The molecule has 2 aromatic rings. The summed E-state index contributed by atoms with van der Waals surface area (Å²) in [5, 5.41) is 6.49. The molecule has 0 aliphatic heterocycles. The van der Waals surface area contributed by atoms with Crippen molar-refractivity contribution in [1.82, 2.24) is 10.6 Å². The first-order valence-corrected chi connectivity index (χ1v) is 8.11. The molecular weight excluding hydrogens is 305 g/mol. The Morgan fingerprint density at radius 1 is 1.08 bits per heavy atom. The van der Waals surface area contributed by atoms with Crippen LogP contribution in [0.2, 0.25) is 0 Å². The minimum Gasteiger partial charge on any atom is -0.497 e. The van der Waals surface area contributed by atoms with E-state index >= 15 is 0 Å². The Labute approximate surface area is 142 Å². The van der Waals surface area contributed by atoms with Crippen molar-refractivity contribution in [3.8, 4) is 5.75 Å². The Balaban J connectivity index is 1.90. The van der Waals surface area contributed by atoms with Crippen LogP contribution in [0.5, 0.6) is 5.75 Å². The molecule has 0 atom stereocenters. The fourth-order valence-electron chi connectivity index (χ4n) is 2.30. The molecule has 24 heavy (non-hydrogen) atoms. The van der Waals surface area contributed by atoms with Crippen LogP contribution in [-0.4, -0.2) is 26.2 Å². The van der Waals surface area contributed by atoms with Gasteiger partial charge in [-0.15, -0.1) is 0 Å². The van der Waals surface area contributed by atoms with Gasteiger partial charge in [-0.3, -0.25) is 0 Å². The summed E-state index contributed by atoms with van der Waals surface area (Å²) < 4.78 is 18.4. The highest BCUT2D eigenvalue weighted by Gasteiger charge is 2.00. The highest BCUT2D eigenvalue weighted by molar-refractivity contribution is 5.79. The van der Waals surface area contributed by atoms with Crippen LogP contribution in [0.1, 0.15) is 18.1 Å². The molecule has 128 valence electrons. The molecule has 0 aliphatic rings. The van der Waals surface area contributed by atoms with Crippen LogP contribution in [-0.2, 0) is 13.0 Å². The first-order valence-electron chi connectivity index (χ1n) is 8.11. The quantitative estimate of drug-likeness (QED) is 0.606. The fourth-order valence-corrected chi connectivity index (χ4v) is 2.30. The van der Waals surface area contributed by atoms with Crippen LogP contribution in [0.3, 0.4) is 0 Å². The molecule has 2 aromatic carbocycles. The Morgan fingerprint density at radius 2 is 1.88 bits per heavy atom. The smallest absolute Gasteiger partial charge is 0.191 e. The molecule has 0 unspecified atom stereocenters. The molecule has 0 radical (unpaired) electrons. The van der Waals surface area contributed by atoms with Crippen molar-refractivity contribution in [3.05, 3.63) is 65.5 Å². The van der Waals surface area contributed by atoms with Crippen molar-refractivity contribution in [2.24, 2.45) is 4.99 Å². The number of methoxy groups -OCH3 is 1. The topological polar surface area (TPSA) is 45.7 Å². The van der Waals surface area contributed by atoms with E-state index in [4.69, 9.17) is 4.74 Å². The number of nitrogens with zero attached hydrogens (tertiary/aromatic N) is 1. The Bertz CT molecular complexity index is 673. The summed E-state index contributed by atoms with van der Waals surface area (Å²) in [6.07, 6.45) is 0.737. The SMILES string of the molecule is CCNC(=NCc1cccc(OC)c1)NCCc1cccc(F)c1. The highest BCUT2D eigenvalue weighted by atomic mass is 19.1. The third-order valence-electron chi connectivity index (χ3n) is 3.49. The number of guanidine groups is 1. The van der Waals surface area contributed by atoms with Crippen molar-refractivity contribution in [2.75, 3.05) is 20.2 Å². The van der Waals surface area contributed by atoms with E-state index in [2.05, 4.69) is 15.6 Å². The van der Waals surface area contributed by atoms with E-state index in [0.717, 1.165) is 35.8 Å². The maximum atomic E-state index is 13.2. The molecule has 0 fully saturated rings. The van der Waals surface area contributed by atoms with Gasteiger partial charge in [0.2, 0.25) is 0 Å². The van der Waals surface area contributed by atoms with E-state index < -0.39 is 0 Å². The summed E-state index contributed by atoms with van der Waals surface area (Å²) in [6.45, 7) is 4.05. The average Bonchev–Trinajstić information content (AvgIpc) is 2.60. The second-order valence-corrected chi connectivity index (χ2v) is 5.35. The molecule has 0 aromatic heterocycles. The lowest BCUT2D eigenvalue weighted by atomic mass is 10.1. The normalized spacial score (nSPS) is 11.2. The second kappa shape index (κ2) is 9.55. The molecule has 0 aliphatic carbocycles. The number of hydrogen-bond donors (Lipinski definition) is 2. The lowest BCUT2D eigenvalue weighted by Gasteiger charge is -2.11. The molecule has 2 N–H and O–H groups in total. The summed E-state index contributed by atoms with van der Waals surface area (Å²) in [7, 11) is 1.65. The molecule has 0 bridgehead atoms. The summed E-state index contributed by atoms with van der Waals surface area (Å²) in [5.74, 6) is 1.37. The number of rotatable bonds is 7. The van der Waals surface area contributed by atoms with Crippen LogP contribution in [0.15, 0.2) is 53.5 Å². The van der Waals surface area contributed by atoms with E-state index in [1.165, 1.54) is 6.07 Å². The van der Waals surface area contributed by atoms with Gasteiger partial charge in [0.05, 0.1) is 13.7 Å². The van der Waals surface area contributed by atoms with Gasteiger partial charge in [0.25, 0.3) is 0 Å². The standard InChI is InChI=1S/C19H24FN3O/c1-3-21-19(22-11-10-15-6-4-8-17(20)12-15)23-14-16-7-5-9-18(13-16)24-2/h4-9,12-13H,3,10-11,14H2,1-2H3,(H2,21,22,23). The molecule has 2 rings (SSSR count). The maximum Gasteiger partial charge on any atom is 0.191 e. The van der Waals surface area contributed by atoms with Gasteiger partial charge < -0.3 is 15.4 Å². The van der Waals surface area contributed by atoms with Crippen LogP contribution in [0.4, 0.5) is 4.39 Å². The molecule has 5 heteroatoms. The number of aliphatic imine (C=N–C) groups is 1. The zero-order chi connectivity index (χ0) is 17.2. The maximum absolute atomic E-state index is 13.2. The van der Waals surface area contributed by atoms with Gasteiger partial charge in [-0.2, -0.15) is 0 Å². The van der Waals surface area contributed by atoms with Gasteiger partial charge in [-0.05, 0) is 48.7 Å². The minimum atomic E-state index is -0.203. The average molecular weight is 329 g/mol. The van der Waals surface area contributed by atoms with Crippen LogP contribution in [0, 0.1) is 5.82 Å². The highest BCUT2D eigenvalue weighted by Crippen LogP contribution is 2.13. The molecule has 0 spiro atoms. The predicted octanol–water partition coefficient (Wildman–Crippen LogP) is 3.13. The van der Waals surface area contributed by atoms with E-state index in [1.807, 2.05) is 37.3 Å². The van der Waals surface area contributed by atoms with E-state index in [0.29, 0.717) is 13.1 Å². The van der Waals surface area contributed by atoms with Gasteiger partial charge >= 0.3 is 0 Å². The number of nitrogens with one attached hydrogen (secondary N) is 2. The number of hydrogen-bond acceptors (Lipinski definition) is 2. The summed E-state index contributed by atoms with van der Waals surface area (Å²) in [5.41, 5.74) is 2.04. The van der Waals surface area contributed by atoms with Crippen LogP contribution in [0.25, 0.3) is 0 Å². The van der Waals surface area contributed by atoms with E-state index in [9.17, 15) is 4.39 Å².